The summed E-state index contributed by atoms with van der Waals surface area (Å²) in [5, 5.41) is 15.0. The van der Waals surface area contributed by atoms with Gasteiger partial charge in [0.1, 0.15) is 27.6 Å². The maximum atomic E-state index is 5.47. The van der Waals surface area contributed by atoms with Crippen LogP contribution in [0.3, 0.4) is 0 Å². The Hall–Kier alpha value is -2.52. The maximum Gasteiger partial charge on any atom is 0.220 e. The molecule has 1 aromatic carbocycles. The number of benzene rings is 1. The molecule has 1 aliphatic carbocycles. The maximum absolute atomic E-state index is 5.47. The van der Waals surface area contributed by atoms with Crippen LogP contribution in [-0.4, -0.2) is 37.3 Å². The molecule has 7 nitrogen and oxygen atoms in total. The zero-order valence-corrected chi connectivity index (χ0v) is 17.1. The third-order valence-corrected chi connectivity index (χ3v) is 7.10. The lowest BCUT2D eigenvalue weighted by Gasteiger charge is -2.18. The number of ether oxygens (including phenoxy) is 1. The molecule has 4 aromatic rings. The summed E-state index contributed by atoms with van der Waals surface area (Å²) in [6, 6.07) is 7.69. The molecule has 0 saturated carbocycles. The lowest BCUT2D eigenvalue weighted by molar-refractivity contribution is 0.410. The van der Waals surface area contributed by atoms with Crippen molar-refractivity contribution in [1.29, 1.82) is 0 Å². The second kappa shape index (κ2) is 7.14. The molecule has 0 unspecified atom stereocenters. The third-order valence-electron chi connectivity index (χ3n) is 5.00. The number of tetrazole rings is 1. The Labute approximate surface area is 170 Å². The molecule has 0 saturated heterocycles. The summed E-state index contributed by atoms with van der Waals surface area (Å²) in [7, 11) is 1.64. The molecule has 5 rings (SSSR count). The Morgan fingerprint density at radius 1 is 1.25 bits per heavy atom. The average molecular weight is 411 g/mol. The molecule has 142 valence electrons. The van der Waals surface area contributed by atoms with E-state index in [1.54, 1.807) is 29.5 Å². The van der Waals surface area contributed by atoms with E-state index < -0.39 is 0 Å². The zero-order chi connectivity index (χ0) is 19.1. The highest BCUT2D eigenvalue weighted by atomic mass is 32.2. The molecule has 1 aliphatic rings. The first-order valence-electron chi connectivity index (χ1n) is 9.09. The van der Waals surface area contributed by atoms with Gasteiger partial charge in [-0.25, -0.2) is 9.97 Å². The summed E-state index contributed by atoms with van der Waals surface area (Å²) in [6.07, 6.45) is 5.04. The SMILES string of the molecule is COc1ccccc1-n1nnnc1Sc1ncnc2sc3c(c12)CC[C@@H](C)C3. The van der Waals surface area contributed by atoms with Gasteiger partial charge in [0.2, 0.25) is 5.16 Å². The first kappa shape index (κ1) is 17.6. The molecule has 1 atom stereocenters. The van der Waals surface area contributed by atoms with E-state index >= 15 is 0 Å². The molecular weight excluding hydrogens is 392 g/mol. The Morgan fingerprint density at radius 2 is 2.14 bits per heavy atom. The summed E-state index contributed by atoms with van der Waals surface area (Å²) in [5.41, 5.74) is 2.20. The Morgan fingerprint density at radius 3 is 3.04 bits per heavy atom. The van der Waals surface area contributed by atoms with Gasteiger partial charge in [-0.15, -0.1) is 16.4 Å². The van der Waals surface area contributed by atoms with Gasteiger partial charge in [0, 0.05) is 10.3 Å². The van der Waals surface area contributed by atoms with Gasteiger partial charge in [-0.3, -0.25) is 0 Å². The Bertz CT molecular complexity index is 1150. The second-order valence-electron chi connectivity index (χ2n) is 6.86. The standard InChI is InChI=1S/C19H18N6OS2/c1-11-7-8-12-15(9-11)27-17-16(12)18(21-10-20-17)28-19-22-23-24-25(19)13-5-3-4-6-14(13)26-2/h3-6,10-11H,7-9H2,1-2H3/t11-/m1/s1. The monoisotopic (exact) mass is 410 g/mol. The molecule has 0 N–H and O–H groups in total. The Balaban J connectivity index is 1.58. The van der Waals surface area contributed by atoms with Crippen molar-refractivity contribution in [2.45, 2.75) is 36.4 Å². The molecule has 28 heavy (non-hydrogen) atoms. The van der Waals surface area contributed by atoms with E-state index in [2.05, 4.69) is 32.4 Å². The van der Waals surface area contributed by atoms with Crippen molar-refractivity contribution in [3.63, 3.8) is 0 Å². The third kappa shape index (κ3) is 2.94. The number of aromatic nitrogens is 6. The summed E-state index contributed by atoms with van der Waals surface area (Å²) in [4.78, 5) is 11.6. The van der Waals surface area contributed by atoms with Crippen LogP contribution in [0.25, 0.3) is 15.9 Å². The first-order valence-corrected chi connectivity index (χ1v) is 10.7. The van der Waals surface area contributed by atoms with Crippen molar-refractivity contribution in [2.24, 2.45) is 5.92 Å². The lowest BCUT2D eigenvalue weighted by Crippen LogP contribution is -2.08. The number of thiophene rings is 1. The molecule has 0 fully saturated rings. The predicted molar refractivity (Wildman–Crippen MR) is 108 cm³/mol. The molecular formula is C19H18N6OS2. The van der Waals surface area contributed by atoms with E-state index in [1.807, 2.05) is 24.3 Å². The summed E-state index contributed by atoms with van der Waals surface area (Å²) < 4.78 is 7.16. The van der Waals surface area contributed by atoms with Crippen LogP contribution in [0.5, 0.6) is 5.75 Å². The topological polar surface area (TPSA) is 78.6 Å². The van der Waals surface area contributed by atoms with Crippen molar-refractivity contribution in [1.82, 2.24) is 30.2 Å². The van der Waals surface area contributed by atoms with Crippen molar-refractivity contribution < 1.29 is 4.74 Å². The molecule has 0 aliphatic heterocycles. The van der Waals surface area contributed by atoms with Crippen LogP contribution in [0.2, 0.25) is 0 Å². The van der Waals surface area contributed by atoms with Crippen LogP contribution < -0.4 is 4.74 Å². The first-order chi connectivity index (χ1) is 13.7. The molecule has 0 bridgehead atoms. The van der Waals surface area contributed by atoms with Gasteiger partial charge in [-0.1, -0.05) is 19.1 Å². The average Bonchev–Trinajstić information content (AvgIpc) is 3.32. The van der Waals surface area contributed by atoms with Gasteiger partial charge in [-0.2, -0.15) is 4.68 Å². The number of aryl methyl sites for hydroxylation is 1. The van der Waals surface area contributed by atoms with Crippen molar-refractivity contribution >= 4 is 33.3 Å². The normalized spacial score (nSPS) is 16.3. The van der Waals surface area contributed by atoms with Crippen LogP contribution >= 0.6 is 23.1 Å². The van der Waals surface area contributed by atoms with E-state index in [-0.39, 0.29) is 0 Å². The molecule has 3 aromatic heterocycles. The van der Waals surface area contributed by atoms with E-state index in [9.17, 15) is 0 Å². The predicted octanol–water partition coefficient (Wildman–Crippen LogP) is 3.95. The fraction of sp³-hybridized carbons (Fsp3) is 0.316. The van der Waals surface area contributed by atoms with Crippen molar-refractivity contribution in [3.8, 4) is 11.4 Å². The minimum absolute atomic E-state index is 0.647. The van der Waals surface area contributed by atoms with Crippen LogP contribution in [0, 0.1) is 5.92 Å². The van der Waals surface area contributed by atoms with Gasteiger partial charge in [-0.05, 0) is 65.1 Å². The summed E-state index contributed by atoms with van der Waals surface area (Å²) >= 11 is 3.26. The highest BCUT2D eigenvalue weighted by molar-refractivity contribution is 7.99. The quantitative estimate of drug-likeness (QED) is 0.471. The van der Waals surface area contributed by atoms with E-state index in [0.717, 1.165) is 39.7 Å². The fourth-order valence-electron chi connectivity index (χ4n) is 3.61. The minimum atomic E-state index is 0.647. The second-order valence-corrected chi connectivity index (χ2v) is 8.90. The molecule has 0 amide bonds. The number of hydrogen-bond acceptors (Lipinski definition) is 8. The minimum Gasteiger partial charge on any atom is -0.494 e. The van der Waals surface area contributed by atoms with Crippen LogP contribution in [-0.2, 0) is 12.8 Å². The number of hydrogen-bond donors (Lipinski definition) is 0. The fourth-order valence-corrected chi connectivity index (χ4v) is 5.92. The largest absolute Gasteiger partial charge is 0.494 e. The number of fused-ring (bicyclic) bond motifs is 3. The molecule has 3 heterocycles. The van der Waals surface area contributed by atoms with Gasteiger partial charge in [0.25, 0.3) is 0 Å². The number of methoxy groups -OCH3 is 1. The number of rotatable bonds is 4. The highest BCUT2D eigenvalue weighted by Gasteiger charge is 2.24. The van der Waals surface area contributed by atoms with E-state index in [0.29, 0.717) is 10.9 Å². The van der Waals surface area contributed by atoms with Crippen LogP contribution in [0.15, 0.2) is 40.8 Å². The van der Waals surface area contributed by atoms with Crippen molar-refractivity contribution in [3.05, 3.63) is 41.0 Å². The van der Waals surface area contributed by atoms with Gasteiger partial charge in [0.15, 0.2) is 0 Å². The lowest BCUT2D eigenvalue weighted by atomic mass is 9.89. The van der Waals surface area contributed by atoms with Gasteiger partial charge in [0.05, 0.1) is 7.11 Å². The summed E-state index contributed by atoms with van der Waals surface area (Å²) in [6.45, 7) is 2.32. The van der Waals surface area contributed by atoms with E-state index in [4.69, 9.17) is 4.74 Å². The van der Waals surface area contributed by atoms with Crippen LogP contribution in [0.4, 0.5) is 0 Å². The Kier molecular flexibility index (Phi) is 4.48. The summed E-state index contributed by atoms with van der Waals surface area (Å²) in [5.74, 6) is 1.44. The van der Waals surface area contributed by atoms with Crippen molar-refractivity contribution in [2.75, 3.05) is 7.11 Å². The van der Waals surface area contributed by atoms with E-state index in [1.165, 1.54) is 28.6 Å². The molecule has 0 radical (unpaired) electrons. The molecule has 9 heteroatoms. The number of para-hydroxylation sites is 2. The smallest absolute Gasteiger partial charge is 0.220 e. The molecule has 0 spiro atoms. The zero-order valence-electron chi connectivity index (χ0n) is 15.5. The van der Waals surface area contributed by atoms with Gasteiger partial charge < -0.3 is 4.74 Å². The van der Waals surface area contributed by atoms with Gasteiger partial charge >= 0.3 is 0 Å². The van der Waals surface area contributed by atoms with Crippen LogP contribution in [0.1, 0.15) is 23.8 Å². The number of nitrogens with zero attached hydrogens (tertiary/aromatic N) is 6. The highest BCUT2D eigenvalue weighted by Crippen LogP contribution is 2.42.